The second kappa shape index (κ2) is 4.96. The molecule has 1 atom stereocenters. The molecule has 0 N–H and O–H groups in total. The van der Waals surface area contributed by atoms with E-state index in [9.17, 15) is 14.4 Å². The molecular weight excluding hydrogens is 212 g/mol. The zero-order chi connectivity index (χ0) is 12.3. The SMILES string of the molecule is COC(=O)C1CCCN(C(C)=O)N1C(C)=O. The lowest BCUT2D eigenvalue weighted by Gasteiger charge is -2.41. The molecule has 1 rings (SSSR count). The Kier molecular flexibility index (Phi) is 3.87. The summed E-state index contributed by atoms with van der Waals surface area (Å²) in [5, 5.41) is 2.49. The van der Waals surface area contributed by atoms with Crippen molar-refractivity contribution >= 4 is 17.8 Å². The summed E-state index contributed by atoms with van der Waals surface area (Å²) < 4.78 is 4.63. The molecule has 0 radical (unpaired) electrons. The van der Waals surface area contributed by atoms with Gasteiger partial charge in [-0.25, -0.2) is 9.80 Å². The average Bonchev–Trinajstić information content (AvgIpc) is 2.26. The molecule has 6 heteroatoms. The normalized spacial score (nSPS) is 20.6. The van der Waals surface area contributed by atoms with Crippen LogP contribution in [0.4, 0.5) is 0 Å². The summed E-state index contributed by atoms with van der Waals surface area (Å²) in [4.78, 5) is 34.3. The zero-order valence-electron chi connectivity index (χ0n) is 9.73. The van der Waals surface area contributed by atoms with Gasteiger partial charge in [0.15, 0.2) is 6.04 Å². The number of amides is 2. The first-order chi connectivity index (χ1) is 7.49. The lowest BCUT2D eigenvalue weighted by Crippen LogP contribution is -2.59. The molecule has 2 amide bonds. The first kappa shape index (κ1) is 12.5. The number of hydrogen-bond acceptors (Lipinski definition) is 4. The Morgan fingerprint density at radius 2 is 1.81 bits per heavy atom. The number of nitrogens with zero attached hydrogens (tertiary/aromatic N) is 2. The summed E-state index contributed by atoms with van der Waals surface area (Å²) >= 11 is 0. The summed E-state index contributed by atoms with van der Waals surface area (Å²) in [5.74, 6) is -1.06. The average molecular weight is 228 g/mol. The van der Waals surface area contributed by atoms with Crippen molar-refractivity contribution in [3.8, 4) is 0 Å². The van der Waals surface area contributed by atoms with Gasteiger partial charge in [-0.1, -0.05) is 0 Å². The van der Waals surface area contributed by atoms with Crippen LogP contribution in [0.3, 0.4) is 0 Å². The van der Waals surface area contributed by atoms with Gasteiger partial charge < -0.3 is 4.74 Å². The molecule has 1 aliphatic heterocycles. The maximum atomic E-state index is 11.5. The molecule has 0 saturated carbocycles. The number of esters is 1. The van der Waals surface area contributed by atoms with E-state index in [0.717, 1.165) is 0 Å². The highest BCUT2D eigenvalue weighted by atomic mass is 16.5. The van der Waals surface area contributed by atoms with Crippen LogP contribution in [0, 0.1) is 0 Å². The Bertz CT molecular complexity index is 316. The van der Waals surface area contributed by atoms with E-state index in [1.807, 2.05) is 0 Å². The maximum absolute atomic E-state index is 11.5. The van der Waals surface area contributed by atoms with E-state index in [1.54, 1.807) is 0 Å². The largest absolute Gasteiger partial charge is 0.467 e. The third kappa shape index (κ3) is 2.32. The lowest BCUT2D eigenvalue weighted by atomic mass is 10.1. The van der Waals surface area contributed by atoms with Crippen LogP contribution in [0.5, 0.6) is 0 Å². The molecule has 0 bridgehead atoms. The Morgan fingerprint density at radius 3 is 2.25 bits per heavy atom. The van der Waals surface area contributed by atoms with Gasteiger partial charge in [-0.2, -0.15) is 0 Å². The molecule has 1 saturated heterocycles. The van der Waals surface area contributed by atoms with E-state index in [-0.39, 0.29) is 11.8 Å². The molecule has 0 aromatic carbocycles. The van der Waals surface area contributed by atoms with Gasteiger partial charge in [-0.15, -0.1) is 0 Å². The second-order valence-corrected chi connectivity index (χ2v) is 3.69. The highest BCUT2D eigenvalue weighted by molar-refractivity contribution is 5.86. The monoisotopic (exact) mass is 228 g/mol. The number of rotatable bonds is 1. The van der Waals surface area contributed by atoms with Crippen molar-refractivity contribution in [1.29, 1.82) is 0 Å². The molecule has 0 aromatic rings. The van der Waals surface area contributed by atoms with Crippen LogP contribution in [0.15, 0.2) is 0 Å². The first-order valence-corrected chi connectivity index (χ1v) is 5.14. The van der Waals surface area contributed by atoms with Gasteiger partial charge in [-0.3, -0.25) is 14.6 Å². The van der Waals surface area contributed by atoms with E-state index >= 15 is 0 Å². The summed E-state index contributed by atoms with van der Waals surface area (Å²) in [6, 6.07) is -0.680. The van der Waals surface area contributed by atoms with Gasteiger partial charge >= 0.3 is 5.97 Å². The van der Waals surface area contributed by atoms with Crippen LogP contribution in [-0.2, 0) is 19.1 Å². The molecule has 1 heterocycles. The van der Waals surface area contributed by atoms with Crippen LogP contribution < -0.4 is 0 Å². The van der Waals surface area contributed by atoms with E-state index in [2.05, 4.69) is 4.74 Å². The van der Waals surface area contributed by atoms with Gasteiger partial charge in [-0.05, 0) is 12.8 Å². The van der Waals surface area contributed by atoms with E-state index < -0.39 is 12.0 Å². The van der Waals surface area contributed by atoms with Crippen molar-refractivity contribution in [1.82, 2.24) is 10.0 Å². The molecule has 1 unspecified atom stereocenters. The van der Waals surface area contributed by atoms with Gasteiger partial charge in [0.1, 0.15) is 0 Å². The summed E-state index contributed by atoms with van der Waals surface area (Å²) in [5.41, 5.74) is 0. The van der Waals surface area contributed by atoms with Crippen LogP contribution in [0.1, 0.15) is 26.7 Å². The van der Waals surface area contributed by atoms with Crippen molar-refractivity contribution in [2.45, 2.75) is 32.7 Å². The Balaban J connectivity index is 2.95. The van der Waals surface area contributed by atoms with Crippen molar-refractivity contribution in [2.24, 2.45) is 0 Å². The van der Waals surface area contributed by atoms with Crippen molar-refractivity contribution < 1.29 is 19.1 Å². The Hall–Kier alpha value is -1.59. The molecular formula is C10H16N2O4. The fraction of sp³-hybridized carbons (Fsp3) is 0.700. The van der Waals surface area contributed by atoms with Crippen LogP contribution in [0.25, 0.3) is 0 Å². The zero-order valence-corrected chi connectivity index (χ0v) is 9.73. The molecule has 1 aliphatic rings. The van der Waals surface area contributed by atoms with Crippen LogP contribution in [0.2, 0.25) is 0 Å². The fourth-order valence-electron chi connectivity index (χ4n) is 1.89. The summed E-state index contributed by atoms with van der Waals surface area (Å²) in [7, 11) is 1.27. The minimum Gasteiger partial charge on any atom is -0.467 e. The summed E-state index contributed by atoms with van der Waals surface area (Å²) in [6.07, 6.45) is 1.21. The minimum atomic E-state index is -0.680. The molecule has 90 valence electrons. The molecule has 6 nitrogen and oxygen atoms in total. The summed E-state index contributed by atoms with van der Waals surface area (Å²) in [6.45, 7) is 3.16. The Morgan fingerprint density at radius 1 is 1.19 bits per heavy atom. The number of hydrazine groups is 1. The topological polar surface area (TPSA) is 66.9 Å². The predicted octanol–water partition coefficient (Wildman–Crippen LogP) is -0.0662. The van der Waals surface area contributed by atoms with E-state index in [1.165, 1.54) is 31.0 Å². The fourth-order valence-corrected chi connectivity index (χ4v) is 1.89. The molecule has 0 spiro atoms. The third-order valence-electron chi connectivity index (χ3n) is 2.56. The minimum absolute atomic E-state index is 0.246. The Labute approximate surface area is 94.1 Å². The standard InChI is InChI=1S/C10H16N2O4/c1-7(13)11-6-4-5-9(10(15)16-3)12(11)8(2)14/h9H,4-6H2,1-3H3. The van der Waals surface area contributed by atoms with Crippen molar-refractivity contribution in [3.05, 3.63) is 0 Å². The molecule has 0 aromatic heterocycles. The smallest absolute Gasteiger partial charge is 0.330 e. The first-order valence-electron chi connectivity index (χ1n) is 5.14. The lowest BCUT2D eigenvalue weighted by molar-refractivity contribution is -0.181. The molecule has 0 aliphatic carbocycles. The van der Waals surface area contributed by atoms with E-state index in [4.69, 9.17) is 0 Å². The van der Waals surface area contributed by atoms with Crippen LogP contribution in [-0.4, -0.2) is 47.5 Å². The molecule has 1 fully saturated rings. The van der Waals surface area contributed by atoms with Gasteiger partial charge in [0.05, 0.1) is 7.11 Å². The number of carbonyl (C=O) groups excluding carboxylic acids is 3. The number of carbonyl (C=O) groups is 3. The van der Waals surface area contributed by atoms with Crippen molar-refractivity contribution in [2.75, 3.05) is 13.7 Å². The highest BCUT2D eigenvalue weighted by Crippen LogP contribution is 2.19. The maximum Gasteiger partial charge on any atom is 0.330 e. The van der Waals surface area contributed by atoms with Gasteiger partial charge in [0, 0.05) is 20.4 Å². The van der Waals surface area contributed by atoms with Gasteiger partial charge in [0.2, 0.25) is 11.8 Å². The van der Waals surface area contributed by atoms with E-state index in [0.29, 0.717) is 19.4 Å². The predicted molar refractivity (Wildman–Crippen MR) is 54.9 cm³/mol. The quantitative estimate of drug-likeness (QED) is 0.589. The third-order valence-corrected chi connectivity index (χ3v) is 2.56. The number of methoxy groups -OCH3 is 1. The second-order valence-electron chi connectivity index (χ2n) is 3.69. The van der Waals surface area contributed by atoms with Crippen molar-refractivity contribution in [3.63, 3.8) is 0 Å². The van der Waals surface area contributed by atoms with Gasteiger partial charge in [0.25, 0.3) is 0 Å². The number of hydrogen-bond donors (Lipinski definition) is 0. The highest BCUT2D eigenvalue weighted by Gasteiger charge is 2.37. The molecule has 16 heavy (non-hydrogen) atoms. The number of ether oxygens (including phenoxy) is 1. The van der Waals surface area contributed by atoms with Crippen LogP contribution >= 0.6 is 0 Å².